The number of aromatic nitrogens is 1. The first-order valence-corrected chi connectivity index (χ1v) is 9.01. The van der Waals surface area contributed by atoms with E-state index in [9.17, 15) is 4.39 Å². The number of rotatable bonds is 7. The van der Waals surface area contributed by atoms with Crippen LogP contribution < -0.4 is 11.1 Å². The normalized spacial score (nSPS) is 12.7. The number of nitrogens with one attached hydrogen (secondary N) is 1. The van der Waals surface area contributed by atoms with Gasteiger partial charge in [-0.2, -0.15) is 0 Å². The van der Waals surface area contributed by atoms with Crippen LogP contribution in [0.5, 0.6) is 0 Å². The number of nitrogens with two attached hydrogens (primary N) is 1. The monoisotopic (exact) mass is 387 g/mol. The Bertz CT molecular complexity index is 822. The maximum Gasteiger partial charge on any atom is 0.131 e. The Labute approximate surface area is 152 Å². The quantitative estimate of drug-likeness (QED) is 0.557. The maximum atomic E-state index is 12.4. The van der Waals surface area contributed by atoms with E-state index in [1.807, 2.05) is 12.1 Å². The molecule has 8 heteroatoms. The Hall–Kier alpha value is -1.34. The molecule has 0 aliphatic rings. The van der Waals surface area contributed by atoms with Gasteiger partial charge in [-0.1, -0.05) is 23.2 Å². The molecule has 0 spiro atoms. The van der Waals surface area contributed by atoms with Crippen molar-refractivity contribution in [3.8, 4) is 0 Å². The summed E-state index contributed by atoms with van der Waals surface area (Å²) in [4.78, 5) is 5.21. The molecule has 3 N–H and O–H groups in total. The summed E-state index contributed by atoms with van der Waals surface area (Å²) in [6, 6.07) is 5.20. The van der Waals surface area contributed by atoms with Gasteiger partial charge in [-0.3, -0.25) is 4.39 Å². The number of fused-ring (bicyclic) bond motifs is 1. The minimum absolute atomic E-state index is 0.268. The van der Waals surface area contributed by atoms with Gasteiger partial charge >= 0.3 is 0 Å². The minimum atomic E-state index is -0.441. The van der Waals surface area contributed by atoms with Crippen LogP contribution >= 0.6 is 34.5 Å². The predicted molar refractivity (Wildman–Crippen MR) is 97.9 cm³/mol. The van der Waals surface area contributed by atoms with Crippen molar-refractivity contribution in [3.05, 3.63) is 45.3 Å². The average molecular weight is 388 g/mol. The summed E-state index contributed by atoms with van der Waals surface area (Å²) < 4.78 is 18.7. The molecule has 24 heavy (non-hydrogen) atoms. The van der Waals surface area contributed by atoms with Gasteiger partial charge in [0.05, 0.1) is 34.9 Å². The lowest BCUT2D eigenvalue weighted by atomic mass is 10.1. The van der Waals surface area contributed by atoms with E-state index in [2.05, 4.69) is 10.3 Å². The molecule has 128 valence electrons. The molecule has 0 bridgehead atoms. The van der Waals surface area contributed by atoms with E-state index in [0.29, 0.717) is 35.1 Å². The lowest BCUT2D eigenvalue weighted by Crippen LogP contribution is -2.22. The molecule has 0 amide bonds. The Morgan fingerprint density at radius 3 is 2.96 bits per heavy atom. The van der Waals surface area contributed by atoms with Crippen LogP contribution in [-0.2, 0) is 13.0 Å². The molecule has 3 rings (SSSR count). The van der Waals surface area contributed by atoms with Gasteiger partial charge in [0.25, 0.3) is 0 Å². The highest BCUT2D eigenvalue weighted by molar-refractivity contribution is 7.20. The number of pyridine rings is 1. The summed E-state index contributed by atoms with van der Waals surface area (Å²) in [6.07, 6.45) is 2.44. The van der Waals surface area contributed by atoms with Crippen LogP contribution in [0.1, 0.15) is 17.1 Å². The molecule has 0 fully saturated rings. The molecular weight excluding hydrogens is 372 g/mol. The second-order valence-electron chi connectivity index (χ2n) is 5.38. The van der Waals surface area contributed by atoms with E-state index in [1.54, 1.807) is 12.3 Å². The fourth-order valence-electron chi connectivity index (χ4n) is 2.39. The van der Waals surface area contributed by atoms with Gasteiger partial charge in [0.1, 0.15) is 16.4 Å². The van der Waals surface area contributed by atoms with Crippen LogP contribution in [-0.4, -0.2) is 17.7 Å². The molecule has 3 aromatic rings. The second kappa shape index (κ2) is 7.70. The van der Waals surface area contributed by atoms with E-state index in [4.69, 9.17) is 33.4 Å². The lowest BCUT2D eigenvalue weighted by Gasteiger charge is -2.07. The Kier molecular flexibility index (Phi) is 5.61. The standard InChI is InChI=1S/C16H16Cl2FN3OS/c17-13-7-11(21-8-10-2-1-5-23-10)16-15(22-13)14(18)12(24-16)6-9(20)3-4-19/h1-2,5,7,9H,3-4,6,8,20H2,(H,21,22)/t9-/m0/s1. The number of hydrogen-bond acceptors (Lipinski definition) is 5. The number of hydrogen-bond donors (Lipinski definition) is 2. The number of anilines is 1. The summed E-state index contributed by atoms with van der Waals surface area (Å²) in [6.45, 7) is 0.0817. The number of thiophene rings is 1. The first-order valence-electron chi connectivity index (χ1n) is 7.43. The first-order chi connectivity index (χ1) is 11.6. The Morgan fingerprint density at radius 1 is 1.42 bits per heavy atom. The summed E-state index contributed by atoms with van der Waals surface area (Å²) in [5.74, 6) is 0.809. The minimum Gasteiger partial charge on any atom is -0.467 e. The van der Waals surface area contributed by atoms with Crippen LogP contribution in [0.25, 0.3) is 10.2 Å². The molecule has 0 aromatic carbocycles. The average Bonchev–Trinajstić information content (AvgIpc) is 3.15. The molecule has 1 atom stereocenters. The third kappa shape index (κ3) is 3.83. The van der Waals surface area contributed by atoms with Gasteiger partial charge in [0.2, 0.25) is 0 Å². The van der Waals surface area contributed by atoms with Crippen molar-refractivity contribution in [2.75, 3.05) is 12.0 Å². The predicted octanol–water partition coefficient (Wildman–Crippen LogP) is 5.04. The van der Waals surface area contributed by atoms with Gasteiger partial charge in [-0.15, -0.1) is 11.3 Å². The van der Waals surface area contributed by atoms with Crippen LogP contribution in [0, 0.1) is 0 Å². The highest BCUT2D eigenvalue weighted by Crippen LogP contribution is 2.40. The number of alkyl halides is 1. The lowest BCUT2D eigenvalue weighted by molar-refractivity contribution is 0.436. The zero-order chi connectivity index (χ0) is 17.1. The van der Waals surface area contributed by atoms with Gasteiger partial charge in [0.15, 0.2) is 0 Å². The molecule has 3 heterocycles. The number of furan rings is 1. The summed E-state index contributed by atoms with van der Waals surface area (Å²) in [5.41, 5.74) is 7.40. The van der Waals surface area contributed by atoms with Gasteiger partial charge in [0, 0.05) is 17.0 Å². The fourth-order valence-corrected chi connectivity index (χ4v) is 4.19. The summed E-state index contributed by atoms with van der Waals surface area (Å²) >= 11 is 14.1. The SMILES string of the molecule is N[C@@H](CCF)Cc1sc2c(NCc3ccco3)cc(Cl)nc2c1Cl. The fraction of sp³-hybridized carbons (Fsp3) is 0.312. The zero-order valence-electron chi connectivity index (χ0n) is 12.7. The molecule has 0 saturated heterocycles. The van der Waals surface area contributed by atoms with Crippen LogP contribution in [0.3, 0.4) is 0 Å². The molecule has 0 aliphatic carbocycles. The Morgan fingerprint density at radius 2 is 2.25 bits per heavy atom. The molecule has 0 radical (unpaired) electrons. The van der Waals surface area contributed by atoms with Gasteiger partial charge in [-0.05, 0) is 25.0 Å². The first kappa shape index (κ1) is 17.5. The van der Waals surface area contributed by atoms with Crippen molar-refractivity contribution in [2.24, 2.45) is 5.73 Å². The van der Waals surface area contributed by atoms with Crippen molar-refractivity contribution in [1.82, 2.24) is 4.98 Å². The van der Waals surface area contributed by atoms with Gasteiger partial charge in [-0.25, -0.2) is 4.98 Å². The Balaban J connectivity index is 1.91. The topological polar surface area (TPSA) is 64.1 Å². The van der Waals surface area contributed by atoms with Crippen LogP contribution in [0.2, 0.25) is 10.2 Å². The molecule has 4 nitrogen and oxygen atoms in total. The summed E-state index contributed by atoms with van der Waals surface area (Å²) in [7, 11) is 0. The van der Waals surface area contributed by atoms with Crippen molar-refractivity contribution in [2.45, 2.75) is 25.4 Å². The van der Waals surface area contributed by atoms with Crippen molar-refractivity contribution < 1.29 is 8.81 Å². The van der Waals surface area contributed by atoms with E-state index in [-0.39, 0.29) is 6.04 Å². The summed E-state index contributed by atoms with van der Waals surface area (Å²) in [5, 5.41) is 4.18. The van der Waals surface area contributed by atoms with E-state index < -0.39 is 6.67 Å². The van der Waals surface area contributed by atoms with Crippen molar-refractivity contribution in [3.63, 3.8) is 0 Å². The highest BCUT2D eigenvalue weighted by atomic mass is 35.5. The van der Waals surface area contributed by atoms with E-state index in [1.165, 1.54) is 11.3 Å². The maximum absolute atomic E-state index is 12.4. The van der Waals surface area contributed by atoms with Crippen molar-refractivity contribution >= 4 is 50.4 Å². The third-order valence-corrected chi connectivity index (χ3v) is 5.53. The number of nitrogens with zero attached hydrogens (tertiary/aromatic N) is 1. The smallest absolute Gasteiger partial charge is 0.131 e. The van der Waals surface area contributed by atoms with Crippen LogP contribution in [0.15, 0.2) is 28.9 Å². The van der Waals surface area contributed by atoms with E-state index >= 15 is 0 Å². The van der Waals surface area contributed by atoms with Crippen LogP contribution in [0.4, 0.5) is 10.1 Å². The van der Waals surface area contributed by atoms with Gasteiger partial charge < -0.3 is 15.5 Å². The molecule has 0 unspecified atom stereocenters. The van der Waals surface area contributed by atoms with E-state index in [0.717, 1.165) is 21.0 Å². The third-order valence-electron chi connectivity index (χ3n) is 3.58. The molecule has 3 aromatic heterocycles. The van der Waals surface area contributed by atoms with Crippen molar-refractivity contribution in [1.29, 1.82) is 0 Å². The highest BCUT2D eigenvalue weighted by Gasteiger charge is 2.18. The zero-order valence-corrected chi connectivity index (χ0v) is 15.0. The second-order valence-corrected chi connectivity index (χ2v) is 7.25. The largest absolute Gasteiger partial charge is 0.467 e. The molecule has 0 aliphatic heterocycles. The number of halogens is 3. The molecular formula is C16H16Cl2FN3OS. The molecule has 0 saturated carbocycles.